The fourth-order valence-electron chi connectivity index (χ4n) is 5.58. The minimum atomic E-state index is -0.318. The van der Waals surface area contributed by atoms with Gasteiger partial charge in [-0.15, -0.1) is 0 Å². The average molecular weight is 489 g/mol. The molecule has 1 N–H and O–H groups in total. The van der Waals surface area contributed by atoms with E-state index in [9.17, 15) is 9.59 Å². The van der Waals surface area contributed by atoms with E-state index in [0.29, 0.717) is 28.9 Å². The van der Waals surface area contributed by atoms with Gasteiger partial charge in [0.1, 0.15) is 11.8 Å². The standard InChI is InChI=1S/C28H32N4O4/c1-3-18-12-14-20(15-13-18)29-26(33)17-25-30-27(36-31-25)23-16-19-8-4-6-10-22(19)32(23)28(34)21-9-5-7-11-24(21)35-2/h5,7,9,11-15,19,22-23H,3-4,6,8,10,16-17H2,1-2H3,(H,29,33)/t19-,22-,23-/m0/s1. The van der Waals surface area contributed by atoms with Gasteiger partial charge in [0.2, 0.25) is 11.8 Å². The fraction of sp³-hybridized carbons (Fsp3) is 0.429. The minimum Gasteiger partial charge on any atom is -0.496 e. The summed E-state index contributed by atoms with van der Waals surface area (Å²) in [5, 5.41) is 6.96. The van der Waals surface area contributed by atoms with Crippen LogP contribution in [0, 0.1) is 5.92 Å². The SMILES string of the molecule is CCc1ccc(NC(=O)Cc2noc([C@@H]3C[C@@H]4CCCC[C@@H]4N3C(=O)c3ccccc3OC)n2)cc1. The number of fused-ring (bicyclic) bond motifs is 1. The molecule has 0 radical (unpaired) electrons. The molecule has 2 aromatic carbocycles. The third-order valence-corrected chi connectivity index (χ3v) is 7.39. The molecule has 8 heteroatoms. The van der Waals surface area contributed by atoms with Gasteiger partial charge in [0.05, 0.1) is 19.1 Å². The number of amides is 2. The largest absolute Gasteiger partial charge is 0.496 e. The zero-order valence-corrected chi connectivity index (χ0v) is 20.8. The van der Waals surface area contributed by atoms with E-state index in [1.807, 2.05) is 41.3 Å². The van der Waals surface area contributed by atoms with Crippen LogP contribution >= 0.6 is 0 Å². The minimum absolute atomic E-state index is 0.000932. The van der Waals surface area contributed by atoms with E-state index < -0.39 is 0 Å². The van der Waals surface area contributed by atoms with E-state index in [1.54, 1.807) is 19.2 Å². The lowest BCUT2D eigenvalue weighted by atomic mass is 9.84. The van der Waals surface area contributed by atoms with Crippen molar-refractivity contribution < 1.29 is 18.8 Å². The number of likely N-dealkylation sites (tertiary alicyclic amines) is 1. The smallest absolute Gasteiger partial charge is 0.258 e. The van der Waals surface area contributed by atoms with Gasteiger partial charge < -0.3 is 19.5 Å². The summed E-state index contributed by atoms with van der Waals surface area (Å²) >= 11 is 0. The van der Waals surface area contributed by atoms with Crippen LogP contribution in [0.15, 0.2) is 53.1 Å². The first-order valence-electron chi connectivity index (χ1n) is 12.7. The zero-order chi connectivity index (χ0) is 25.1. The molecule has 3 aromatic rings. The molecule has 8 nitrogen and oxygen atoms in total. The Morgan fingerprint density at radius 3 is 2.67 bits per heavy atom. The third-order valence-electron chi connectivity index (χ3n) is 7.39. The lowest BCUT2D eigenvalue weighted by Gasteiger charge is -2.33. The number of methoxy groups -OCH3 is 1. The summed E-state index contributed by atoms with van der Waals surface area (Å²) in [6.45, 7) is 2.09. The Bertz CT molecular complexity index is 1220. The molecule has 1 aromatic heterocycles. The highest BCUT2D eigenvalue weighted by atomic mass is 16.5. The van der Waals surface area contributed by atoms with Gasteiger partial charge in [-0.05, 0) is 61.4 Å². The number of nitrogens with zero attached hydrogens (tertiary/aromatic N) is 3. The maximum atomic E-state index is 13.8. The highest BCUT2D eigenvalue weighted by molar-refractivity contribution is 5.97. The van der Waals surface area contributed by atoms with Crippen molar-refractivity contribution in [2.45, 2.75) is 64.0 Å². The molecule has 2 fully saturated rings. The highest BCUT2D eigenvalue weighted by Gasteiger charge is 2.47. The Morgan fingerprint density at radius 2 is 1.89 bits per heavy atom. The first-order chi connectivity index (χ1) is 17.6. The molecule has 2 aliphatic rings. The number of hydrogen-bond donors (Lipinski definition) is 1. The van der Waals surface area contributed by atoms with Gasteiger partial charge in [-0.3, -0.25) is 9.59 Å². The third kappa shape index (κ3) is 4.85. The van der Waals surface area contributed by atoms with Crippen molar-refractivity contribution in [1.82, 2.24) is 15.0 Å². The number of carbonyl (C=O) groups excluding carboxylic acids is 2. The van der Waals surface area contributed by atoms with Crippen LogP contribution in [-0.4, -0.2) is 40.0 Å². The number of para-hydroxylation sites is 1. The monoisotopic (exact) mass is 488 g/mol. The van der Waals surface area contributed by atoms with Gasteiger partial charge in [-0.25, -0.2) is 0 Å². The molecule has 3 atom stereocenters. The summed E-state index contributed by atoms with van der Waals surface area (Å²) < 4.78 is 11.1. The molecule has 36 heavy (non-hydrogen) atoms. The predicted molar refractivity (Wildman–Crippen MR) is 135 cm³/mol. The van der Waals surface area contributed by atoms with Crippen molar-refractivity contribution in [2.24, 2.45) is 5.92 Å². The molecular weight excluding hydrogens is 456 g/mol. The maximum Gasteiger partial charge on any atom is 0.258 e. The predicted octanol–water partition coefficient (Wildman–Crippen LogP) is 4.97. The van der Waals surface area contributed by atoms with Crippen molar-refractivity contribution in [3.8, 4) is 5.75 Å². The second kappa shape index (κ2) is 10.5. The molecule has 0 bridgehead atoms. The van der Waals surface area contributed by atoms with Crippen LogP contribution in [-0.2, 0) is 17.6 Å². The number of carbonyl (C=O) groups is 2. The molecule has 5 rings (SSSR count). The van der Waals surface area contributed by atoms with Crippen molar-refractivity contribution in [1.29, 1.82) is 0 Å². The lowest BCUT2D eigenvalue weighted by molar-refractivity contribution is -0.115. The van der Waals surface area contributed by atoms with Crippen LogP contribution in [0.25, 0.3) is 0 Å². The Kier molecular flexibility index (Phi) is 7.02. The average Bonchev–Trinajstić information content (AvgIpc) is 3.53. The molecule has 1 saturated heterocycles. The van der Waals surface area contributed by atoms with E-state index in [4.69, 9.17) is 9.26 Å². The van der Waals surface area contributed by atoms with Crippen molar-refractivity contribution in [3.63, 3.8) is 0 Å². The van der Waals surface area contributed by atoms with E-state index >= 15 is 0 Å². The van der Waals surface area contributed by atoms with E-state index in [-0.39, 0.29) is 30.3 Å². The molecule has 1 saturated carbocycles. The lowest BCUT2D eigenvalue weighted by Crippen LogP contribution is -2.40. The van der Waals surface area contributed by atoms with Gasteiger partial charge in [-0.1, -0.05) is 49.2 Å². The van der Waals surface area contributed by atoms with Gasteiger partial charge in [-0.2, -0.15) is 4.98 Å². The van der Waals surface area contributed by atoms with E-state index in [1.165, 1.54) is 12.0 Å². The van der Waals surface area contributed by atoms with Crippen molar-refractivity contribution >= 4 is 17.5 Å². The number of anilines is 1. The quantitative estimate of drug-likeness (QED) is 0.504. The zero-order valence-electron chi connectivity index (χ0n) is 20.8. The van der Waals surface area contributed by atoms with Gasteiger partial charge in [0.25, 0.3) is 5.91 Å². The Labute approximate surface area is 211 Å². The van der Waals surface area contributed by atoms with Crippen LogP contribution in [0.4, 0.5) is 5.69 Å². The fourth-order valence-corrected chi connectivity index (χ4v) is 5.58. The molecule has 0 unspecified atom stereocenters. The second-order valence-electron chi connectivity index (χ2n) is 9.60. The summed E-state index contributed by atoms with van der Waals surface area (Å²) in [7, 11) is 1.57. The molecule has 2 heterocycles. The molecule has 1 aliphatic heterocycles. The Morgan fingerprint density at radius 1 is 1.11 bits per heavy atom. The van der Waals surface area contributed by atoms with Crippen LogP contribution in [0.2, 0.25) is 0 Å². The number of ether oxygens (including phenoxy) is 1. The maximum absolute atomic E-state index is 13.8. The first-order valence-corrected chi connectivity index (χ1v) is 12.7. The van der Waals surface area contributed by atoms with Gasteiger partial charge >= 0.3 is 0 Å². The molecule has 188 valence electrons. The number of aromatic nitrogens is 2. The summed E-state index contributed by atoms with van der Waals surface area (Å²) in [6.07, 6.45) is 6.03. The molecule has 0 spiro atoms. The molecular formula is C28H32N4O4. The first kappa shape index (κ1) is 24.0. The topological polar surface area (TPSA) is 97.6 Å². The number of hydrogen-bond acceptors (Lipinski definition) is 6. The normalized spacial score (nSPS) is 21.2. The second-order valence-corrected chi connectivity index (χ2v) is 9.60. The summed E-state index contributed by atoms with van der Waals surface area (Å²) in [5.41, 5.74) is 2.47. The summed E-state index contributed by atoms with van der Waals surface area (Å²) in [6, 6.07) is 14.9. The molecule has 1 aliphatic carbocycles. The Hall–Kier alpha value is -3.68. The van der Waals surface area contributed by atoms with E-state index in [0.717, 1.165) is 37.8 Å². The summed E-state index contributed by atoms with van der Waals surface area (Å²) in [4.78, 5) is 32.9. The van der Waals surface area contributed by atoms with Crippen LogP contribution in [0.5, 0.6) is 5.75 Å². The van der Waals surface area contributed by atoms with Gasteiger partial charge in [0.15, 0.2) is 5.82 Å². The number of benzene rings is 2. The number of nitrogens with one attached hydrogen (secondary N) is 1. The van der Waals surface area contributed by atoms with Crippen LogP contribution in [0.1, 0.15) is 72.7 Å². The van der Waals surface area contributed by atoms with Crippen molar-refractivity contribution in [2.75, 3.05) is 12.4 Å². The Balaban J connectivity index is 1.34. The summed E-state index contributed by atoms with van der Waals surface area (Å²) in [5.74, 6) is 1.35. The van der Waals surface area contributed by atoms with Crippen LogP contribution < -0.4 is 10.1 Å². The highest BCUT2D eigenvalue weighted by Crippen LogP contribution is 2.47. The van der Waals surface area contributed by atoms with E-state index in [2.05, 4.69) is 22.4 Å². The molecule has 2 amide bonds. The number of aryl methyl sites for hydroxylation is 1. The van der Waals surface area contributed by atoms with Crippen molar-refractivity contribution in [3.05, 3.63) is 71.4 Å². The van der Waals surface area contributed by atoms with Crippen LogP contribution in [0.3, 0.4) is 0 Å². The number of rotatable bonds is 7. The van der Waals surface area contributed by atoms with Gasteiger partial charge in [0, 0.05) is 11.7 Å².